The summed E-state index contributed by atoms with van der Waals surface area (Å²) in [6, 6.07) is 11.1. The molecule has 8 heteroatoms. The zero-order valence-corrected chi connectivity index (χ0v) is 14.8. The van der Waals surface area contributed by atoms with Crippen LogP contribution in [0, 0.1) is 0 Å². The van der Waals surface area contributed by atoms with E-state index in [-0.39, 0.29) is 23.5 Å². The van der Waals surface area contributed by atoms with Crippen molar-refractivity contribution in [1.82, 2.24) is 9.55 Å². The number of carbonyl (C=O) groups excluding carboxylic acids is 1. The molecule has 1 aromatic heterocycles. The van der Waals surface area contributed by atoms with Gasteiger partial charge in [-0.05, 0) is 37.3 Å². The Morgan fingerprint density at radius 3 is 2.67 bits per heavy atom. The highest BCUT2D eigenvalue weighted by molar-refractivity contribution is 5.90. The minimum Gasteiger partial charge on any atom is -0.493 e. The molecule has 0 unspecified atom stereocenters. The molecule has 142 valence electrons. The lowest BCUT2D eigenvalue weighted by atomic mass is 10.2. The molecule has 6 nitrogen and oxygen atoms in total. The topological polar surface area (TPSA) is 62.6 Å². The number of benzene rings is 2. The van der Waals surface area contributed by atoms with Crippen molar-refractivity contribution in [3.63, 3.8) is 0 Å². The zero-order chi connectivity index (χ0) is 19.4. The fourth-order valence-corrected chi connectivity index (χ4v) is 2.70. The summed E-state index contributed by atoms with van der Waals surface area (Å²) in [4.78, 5) is 16.4. The van der Waals surface area contributed by atoms with Crippen molar-refractivity contribution < 1.29 is 27.8 Å². The fraction of sp³-hybridized carbons (Fsp3) is 0.263. The number of fused-ring (bicyclic) bond motifs is 1. The molecule has 0 fully saturated rings. The second-order valence-electron chi connectivity index (χ2n) is 5.54. The molecule has 0 aliphatic heterocycles. The highest BCUT2D eigenvalue weighted by Crippen LogP contribution is 2.29. The summed E-state index contributed by atoms with van der Waals surface area (Å²) in [5, 5.41) is 0. The Balaban J connectivity index is 1.80. The molecule has 0 saturated heterocycles. The van der Waals surface area contributed by atoms with E-state index in [0.29, 0.717) is 23.6 Å². The average Bonchev–Trinajstić information content (AvgIpc) is 3.05. The van der Waals surface area contributed by atoms with Gasteiger partial charge in [-0.25, -0.2) is 9.78 Å². The first-order chi connectivity index (χ1) is 13.0. The summed E-state index contributed by atoms with van der Waals surface area (Å²) in [6.45, 7) is -0.898. The number of rotatable bonds is 7. The highest BCUT2D eigenvalue weighted by atomic mass is 19.3. The van der Waals surface area contributed by atoms with E-state index in [4.69, 9.17) is 14.2 Å². The number of alkyl halides is 2. The number of methoxy groups -OCH3 is 1. The van der Waals surface area contributed by atoms with E-state index < -0.39 is 12.5 Å². The third kappa shape index (κ3) is 3.84. The van der Waals surface area contributed by atoms with E-state index >= 15 is 0 Å². The van der Waals surface area contributed by atoms with Gasteiger partial charge in [0, 0.05) is 0 Å². The van der Waals surface area contributed by atoms with Gasteiger partial charge < -0.3 is 14.2 Å². The lowest BCUT2D eigenvalue weighted by Crippen LogP contribution is -2.11. The van der Waals surface area contributed by atoms with Crippen molar-refractivity contribution in [1.29, 1.82) is 0 Å². The Hall–Kier alpha value is -3.16. The fourth-order valence-electron chi connectivity index (χ4n) is 2.70. The summed E-state index contributed by atoms with van der Waals surface area (Å²) in [7, 11) is 1.46. The van der Waals surface area contributed by atoms with Crippen LogP contribution >= 0.6 is 0 Å². The van der Waals surface area contributed by atoms with E-state index in [1.54, 1.807) is 24.3 Å². The Morgan fingerprint density at radius 1 is 1.19 bits per heavy atom. The molecule has 0 bridgehead atoms. The second kappa shape index (κ2) is 8.03. The summed E-state index contributed by atoms with van der Waals surface area (Å²) in [5.74, 6) is 0.170. The summed E-state index contributed by atoms with van der Waals surface area (Å²) >= 11 is 0. The predicted octanol–water partition coefficient (Wildman–Crippen LogP) is 4.20. The first-order valence-electron chi connectivity index (χ1n) is 8.27. The van der Waals surface area contributed by atoms with Gasteiger partial charge in [0.2, 0.25) is 0 Å². The smallest absolute Gasteiger partial charge is 0.338 e. The number of ether oxygens (including phenoxy) is 3. The van der Waals surface area contributed by atoms with Crippen LogP contribution in [-0.4, -0.2) is 29.2 Å². The monoisotopic (exact) mass is 376 g/mol. The Labute approximate surface area is 154 Å². The number of hydrogen-bond acceptors (Lipinski definition) is 5. The standard InChI is InChI=1S/C19H18F2N2O4/c1-3-26-15-9-8-12(10-16(15)25-2)18(24)27-11-17-22-13-6-4-5-7-14(13)23(17)19(20)21/h4-10,19H,3,11H2,1-2H3. The van der Waals surface area contributed by atoms with Gasteiger partial charge in [0.1, 0.15) is 6.61 Å². The maximum atomic E-state index is 13.4. The first-order valence-corrected chi connectivity index (χ1v) is 8.27. The number of hydrogen-bond donors (Lipinski definition) is 0. The Bertz CT molecular complexity index is 956. The normalized spacial score (nSPS) is 11.0. The highest BCUT2D eigenvalue weighted by Gasteiger charge is 2.19. The quantitative estimate of drug-likeness (QED) is 0.579. The van der Waals surface area contributed by atoms with Gasteiger partial charge in [-0.3, -0.25) is 4.57 Å². The van der Waals surface area contributed by atoms with E-state index in [2.05, 4.69) is 4.98 Å². The van der Waals surface area contributed by atoms with Gasteiger partial charge >= 0.3 is 12.5 Å². The van der Waals surface area contributed by atoms with Crippen LogP contribution in [0.4, 0.5) is 8.78 Å². The van der Waals surface area contributed by atoms with Crippen LogP contribution in [-0.2, 0) is 11.3 Å². The summed E-state index contributed by atoms with van der Waals surface area (Å²) in [5.41, 5.74) is 0.905. The van der Waals surface area contributed by atoms with Gasteiger partial charge in [0.15, 0.2) is 17.3 Å². The summed E-state index contributed by atoms with van der Waals surface area (Å²) < 4.78 is 43.3. The minimum atomic E-state index is -2.79. The molecule has 27 heavy (non-hydrogen) atoms. The molecule has 0 amide bonds. The molecule has 2 aromatic carbocycles. The van der Waals surface area contributed by atoms with Crippen LogP contribution in [0.2, 0.25) is 0 Å². The van der Waals surface area contributed by atoms with Crippen LogP contribution in [0.15, 0.2) is 42.5 Å². The predicted molar refractivity (Wildman–Crippen MR) is 94.3 cm³/mol. The third-order valence-corrected chi connectivity index (χ3v) is 3.90. The minimum absolute atomic E-state index is 0.0301. The van der Waals surface area contributed by atoms with E-state index in [1.807, 2.05) is 6.92 Å². The van der Waals surface area contributed by atoms with Gasteiger partial charge in [-0.1, -0.05) is 12.1 Å². The van der Waals surface area contributed by atoms with E-state index in [0.717, 1.165) is 4.57 Å². The molecule has 1 heterocycles. The van der Waals surface area contributed by atoms with Crippen LogP contribution in [0.3, 0.4) is 0 Å². The molecule has 0 spiro atoms. The van der Waals surface area contributed by atoms with Crippen LogP contribution in [0.25, 0.3) is 11.0 Å². The largest absolute Gasteiger partial charge is 0.493 e. The van der Waals surface area contributed by atoms with Gasteiger partial charge in [-0.15, -0.1) is 0 Å². The number of carbonyl (C=O) groups is 1. The van der Waals surface area contributed by atoms with Crippen molar-refractivity contribution in [3.05, 3.63) is 53.9 Å². The van der Waals surface area contributed by atoms with Crippen LogP contribution in [0.5, 0.6) is 11.5 Å². The van der Waals surface area contributed by atoms with Crippen molar-refractivity contribution >= 4 is 17.0 Å². The lowest BCUT2D eigenvalue weighted by molar-refractivity contribution is 0.0387. The maximum Gasteiger partial charge on any atom is 0.338 e. The van der Waals surface area contributed by atoms with Gasteiger partial charge in [-0.2, -0.15) is 8.78 Å². The summed E-state index contributed by atoms with van der Waals surface area (Å²) in [6.07, 6.45) is 0. The third-order valence-electron chi connectivity index (χ3n) is 3.90. The number of halogens is 2. The molecule has 0 atom stereocenters. The SMILES string of the molecule is CCOc1ccc(C(=O)OCc2nc3ccccc3n2C(F)F)cc1OC. The average molecular weight is 376 g/mol. The molecular formula is C19H18F2N2O4. The molecule has 0 N–H and O–H groups in total. The van der Waals surface area contributed by atoms with E-state index in [1.165, 1.54) is 25.3 Å². The van der Waals surface area contributed by atoms with Crippen molar-refractivity contribution in [3.8, 4) is 11.5 Å². The first kappa shape index (κ1) is 18.6. The van der Waals surface area contributed by atoms with Gasteiger partial charge in [0.25, 0.3) is 0 Å². The number of esters is 1. The van der Waals surface area contributed by atoms with Crippen molar-refractivity contribution in [2.75, 3.05) is 13.7 Å². The van der Waals surface area contributed by atoms with E-state index in [9.17, 15) is 13.6 Å². The number of nitrogens with zero attached hydrogens (tertiary/aromatic N) is 2. The Kier molecular flexibility index (Phi) is 5.54. The van der Waals surface area contributed by atoms with Gasteiger partial charge in [0.05, 0.1) is 30.3 Å². The molecule has 0 aliphatic rings. The molecular weight excluding hydrogens is 358 g/mol. The van der Waals surface area contributed by atoms with Crippen LogP contribution < -0.4 is 9.47 Å². The zero-order valence-electron chi connectivity index (χ0n) is 14.8. The molecule has 3 rings (SSSR count). The molecule has 3 aromatic rings. The van der Waals surface area contributed by atoms with Crippen molar-refractivity contribution in [2.45, 2.75) is 20.1 Å². The van der Waals surface area contributed by atoms with Crippen molar-refractivity contribution in [2.24, 2.45) is 0 Å². The second-order valence-corrected chi connectivity index (χ2v) is 5.54. The molecule has 0 radical (unpaired) electrons. The number of para-hydroxylation sites is 2. The van der Waals surface area contributed by atoms with Crippen LogP contribution in [0.1, 0.15) is 29.7 Å². The Morgan fingerprint density at radius 2 is 1.96 bits per heavy atom. The maximum absolute atomic E-state index is 13.4. The molecule has 0 aliphatic carbocycles. The molecule has 0 saturated carbocycles. The number of imidazole rings is 1. The lowest BCUT2D eigenvalue weighted by Gasteiger charge is -2.11. The number of aromatic nitrogens is 2.